The van der Waals surface area contributed by atoms with Crippen LogP contribution in [0, 0.1) is 0 Å². The zero-order valence-corrected chi connectivity index (χ0v) is 9.49. The van der Waals surface area contributed by atoms with E-state index in [1.165, 1.54) is 5.56 Å². The second-order valence-corrected chi connectivity index (χ2v) is 4.71. The molecule has 1 nitrogen and oxygen atoms in total. The standard InChI is InChI=1S/C10H13IO/c1-8(11)10(12-2)9-6-4-3-5-7-9/h3-8,10H,1-2H3/t8-,10-/m0/s1. The van der Waals surface area contributed by atoms with E-state index in [1.807, 2.05) is 18.2 Å². The third kappa shape index (κ3) is 2.45. The summed E-state index contributed by atoms with van der Waals surface area (Å²) < 4.78 is 5.89. The number of rotatable bonds is 3. The molecule has 0 saturated carbocycles. The summed E-state index contributed by atoms with van der Waals surface area (Å²) in [4.78, 5) is 0. The lowest BCUT2D eigenvalue weighted by Crippen LogP contribution is -2.10. The Balaban J connectivity index is 2.80. The molecule has 0 spiro atoms. The lowest BCUT2D eigenvalue weighted by atomic mass is 10.1. The van der Waals surface area contributed by atoms with Gasteiger partial charge in [0.15, 0.2) is 0 Å². The fourth-order valence-corrected chi connectivity index (χ4v) is 1.94. The largest absolute Gasteiger partial charge is 0.376 e. The molecule has 0 aromatic heterocycles. The van der Waals surface area contributed by atoms with E-state index in [9.17, 15) is 0 Å². The smallest absolute Gasteiger partial charge is 0.0935 e. The van der Waals surface area contributed by atoms with Gasteiger partial charge in [0, 0.05) is 11.0 Å². The molecule has 0 saturated heterocycles. The van der Waals surface area contributed by atoms with Gasteiger partial charge < -0.3 is 4.74 Å². The Hall–Kier alpha value is -0.0900. The van der Waals surface area contributed by atoms with Gasteiger partial charge in [-0.3, -0.25) is 0 Å². The van der Waals surface area contributed by atoms with Gasteiger partial charge in [0.05, 0.1) is 6.10 Å². The van der Waals surface area contributed by atoms with E-state index in [0.29, 0.717) is 3.92 Å². The quantitative estimate of drug-likeness (QED) is 0.608. The monoisotopic (exact) mass is 276 g/mol. The van der Waals surface area contributed by atoms with Crippen LogP contribution in [0.2, 0.25) is 0 Å². The van der Waals surface area contributed by atoms with Crippen LogP contribution in [0.25, 0.3) is 0 Å². The van der Waals surface area contributed by atoms with E-state index < -0.39 is 0 Å². The second kappa shape index (κ2) is 4.82. The fraction of sp³-hybridized carbons (Fsp3) is 0.400. The zero-order chi connectivity index (χ0) is 8.97. The molecule has 66 valence electrons. The second-order valence-electron chi connectivity index (χ2n) is 2.74. The van der Waals surface area contributed by atoms with E-state index in [0.717, 1.165) is 0 Å². The molecule has 0 aliphatic heterocycles. The summed E-state index contributed by atoms with van der Waals surface area (Å²) in [5.74, 6) is 0. The molecule has 1 aromatic carbocycles. The third-order valence-corrected chi connectivity index (χ3v) is 2.45. The average molecular weight is 276 g/mol. The van der Waals surface area contributed by atoms with Crippen LogP contribution >= 0.6 is 22.6 Å². The fourth-order valence-electron chi connectivity index (χ4n) is 1.23. The van der Waals surface area contributed by atoms with Crippen LogP contribution in [0.3, 0.4) is 0 Å². The van der Waals surface area contributed by atoms with Crippen molar-refractivity contribution in [2.45, 2.75) is 17.0 Å². The van der Waals surface area contributed by atoms with E-state index in [1.54, 1.807) is 7.11 Å². The maximum Gasteiger partial charge on any atom is 0.0935 e. The molecular formula is C10H13IO. The number of benzene rings is 1. The Kier molecular flexibility index (Phi) is 4.01. The van der Waals surface area contributed by atoms with Gasteiger partial charge in [-0.15, -0.1) is 0 Å². The lowest BCUT2D eigenvalue weighted by molar-refractivity contribution is 0.108. The average Bonchev–Trinajstić information content (AvgIpc) is 2.07. The Morgan fingerprint density at radius 1 is 1.25 bits per heavy atom. The number of hydrogen-bond acceptors (Lipinski definition) is 1. The van der Waals surface area contributed by atoms with Crippen LogP contribution in [0.5, 0.6) is 0 Å². The number of hydrogen-bond donors (Lipinski definition) is 0. The highest BCUT2D eigenvalue weighted by molar-refractivity contribution is 14.1. The maximum atomic E-state index is 5.39. The SMILES string of the molecule is CO[C@H](c1ccccc1)[C@H](C)I. The lowest BCUT2D eigenvalue weighted by Gasteiger charge is -2.17. The first-order chi connectivity index (χ1) is 5.75. The summed E-state index contributed by atoms with van der Waals surface area (Å²) in [5.41, 5.74) is 1.25. The normalized spacial score (nSPS) is 15.6. The van der Waals surface area contributed by atoms with Gasteiger partial charge >= 0.3 is 0 Å². The summed E-state index contributed by atoms with van der Waals surface area (Å²) >= 11 is 2.38. The van der Waals surface area contributed by atoms with Crippen molar-refractivity contribution in [3.05, 3.63) is 35.9 Å². The predicted octanol–water partition coefficient (Wildman–Crippen LogP) is 3.20. The van der Waals surface area contributed by atoms with Gasteiger partial charge in [0.2, 0.25) is 0 Å². The highest BCUT2D eigenvalue weighted by Gasteiger charge is 2.14. The first-order valence-corrected chi connectivity index (χ1v) is 5.22. The molecule has 0 N–H and O–H groups in total. The number of ether oxygens (including phenoxy) is 1. The van der Waals surface area contributed by atoms with Crippen LogP contribution in [0.15, 0.2) is 30.3 Å². The van der Waals surface area contributed by atoms with Crippen molar-refractivity contribution in [3.63, 3.8) is 0 Å². The number of methoxy groups -OCH3 is 1. The van der Waals surface area contributed by atoms with Crippen molar-refractivity contribution in [3.8, 4) is 0 Å². The molecule has 2 heteroatoms. The molecule has 0 bridgehead atoms. The van der Waals surface area contributed by atoms with Crippen LogP contribution in [-0.2, 0) is 4.74 Å². The number of alkyl halides is 1. The Morgan fingerprint density at radius 3 is 2.25 bits per heavy atom. The Labute approximate surface area is 87.3 Å². The highest BCUT2D eigenvalue weighted by Crippen LogP contribution is 2.25. The van der Waals surface area contributed by atoms with Crippen LogP contribution in [0.4, 0.5) is 0 Å². The van der Waals surface area contributed by atoms with Crippen molar-refractivity contribution in [2.24, 2.45) is 0 Å². The van der Waals surface area contributed by atoms with Crippen molar-refractivity contribution in [1.82, 2.24) is 0 Å². The first-order valence-electron chi connectivity index (χ1n) is 3.97. The Bertz CT molecular complexity index is 221. The summed E-state index contributed by atoms with van der Waals surface area (Å²) in [6, 6.07) is 10.3. The van der Waals surface area contributed by atoms with Crippen LogP contribution < -0.4 is 0 Å². The Morgan fingerprint density at radius 2 is 1.83 bits per heavy atom. The van der Waals surface area contributed by atoms with Crippen molar-refractivity contribution >= 4 is 22.6 Å². The predicted molar refractivity (Wildman–Crippen MR) is 59.7 cm³/mol. The molecule has 1 rings (SSSR count). The van der Waals surface area contributed by atoms with Gasteiger partial charge in [0.1, 0.15) is 0 Å². The molecular weight excluding hydrogens is 263 g/mol. The van der Waals surface area contributed by atoms with E-state index in [2.05, 4.69) is 41.6 Å². The maximum absolute atomic E-state index is 5.39. The first kappa shape index (κ1) is 9.99. The van der Waals surface area contributed by atoms with Gasteiger partial charge in [-0.25, -0.2) is 0 Å². The molecule has 0 aliphatic rings. The topological polar surface area (TPSA) is 9.23 Å². The van der Waals surface area contributed by atoms with E-state index >= 15 is 0 Å². The molecule has 0 unspecified atom stereocenters. The molecule has 0 heterocycles. The molecule has 1 aromatic rings. The molecule has 12 heavy (non-hydrogen) atoms. The van der Waals surface area contributed by atoms with Gasteiger partial charge in [-0.05, 0) is 5.56 Å². The van der Waals surface area contributed by atoms with Crippen molar-refractivity contribution in [2.75, 3.05) is 7.11 Å². The molecule has 2 atom stereocenters. The summed E-state index contributed by atoms with van der Waals surface area (Å²) in [7, 11) is 1.76. The molecule has 0 fully saturated rings. The third-order valence-electron chi connectivity index (χ3n) is 1.80. The van der Waals surface area contributed by atoms with Crippen LogP contribution in [0.1, 0.15) is 18.6 Å². The zero-order valence-electron chi connectivity index (χ0n) is 7.33. The van der Waals surface area contributed by atoms with E-state index in [4.69, 9.17) is 4.74 Å². The number of halogens is 1. The van der Waals surface area contributed by atoms with Gasteiger partial charge in [-0.2, -0.15) is 0 Å². The highest BCUT2D eigenvalue weighted by atomic mass is 127. The van der Waals surface area contributed by atoms with Gasteiger partial charge in [-0.1, -0.05) is 59.8 Å². The van der Waals surface area contributed by atoms with Crippen LogP contribution in [-0.4, -0.2) is 11.0 Å². The molecule has 0 aliphatic carbocycles. The summed E-state index contributed by atoms with van der Waals surface area (Å²) in [6.45, 7) is 2.15. The minimum Gasteiger partial charge on any atom is -0.376 e. The van der Waals surface area contributed by atoms with Gasteiger partial charge in [0.25, 0.3) is 0 Å². The van der Waals surface area contributed by atoms with Crippen molar-refractivity contribution in [1.29, 1.82) is 0 Å². The minimum atomic E-state index is 0.215. The summed E-state index contributed by atoms with van der Waals surface area (Å²) in [6.07, 6.45) is 0.215. The molecule has 0 amide bonds. The molecule has 0 radical (unpaired) electrons. The van der Waals surface area contributed by atoms with Crippen molar-refractivity contribution < 1.29 is 4.74 Å². The minimum absolute atomic E-state index is 0.215. The summed E-state index contributed by atoms with van der Waals surface area (Å²) in [5, 5.41) is 0. The van der Waals surface area contributed by atoms with E-state index in [-0.39, 0.29) is 6.10 Å².